The van der Waals surface area contributed by atoms with Crippen molar-refractivity contribution in [2.24, 2.45) is 0 Å². The number of pyridine rings is 1. The molecule has 1 fully saturated rings. The number of urea groups is 1. The number of likely N-dealkylation sites (N-methyl/N-ethyl adjacent to an activating group) is 1. The third-order valence-electron chi connectivity index (χ3n) is 6.57. The Labute approximate surface area is 218 Å². The number of hydrogen-bond acceptors (Lipinski definition) is 4. The number of rotatable bonds is 8. The van der Waals surface area contributed by atoms with Crippen LogP contribution in [-0.2, 0) is 16.1 Å². The van der Waals surface area contributed by atoms with E-state index >= 15 is 0 Å². The predicted octanol–water partition coefficient (Wildman–Crippen LogP) is 5.63. The van der Waals surface area contributed by atoms with Gasteiger partial charge in [-0.3, -0.25) is 9.78 Å². The lowest BCUT2D eigenvalue weighted by Gasteiger charge is -2.29. The fourth-order valence-corrected chi connectivity index (χ4v) is 4.50. The van der Waals surface area contributed by atoms with Crippen LogP contribution in [-0.4, -0.2) is 53.5 Å². The molecular weight excluding hydrogens is 476 g/mol. The second-order valence-electron chi connectivity index (χ2n) is 8.98. The molecule has 36 heavy (non-hydrogen) atoms. The molecule has 1 atom stereocenters. The van der Waals surface area contributed by atoms with Crippen LogP contribution in [0, 0.1) is 0 Å². The highest BCUT2D eigenvalue weighted by Crippen LogP contribution is 2.30. The van der Waals surface area contributed by atoms with Crippen LogP contribution in [0.1, 0.15) is 51.2 Å². The Morgan fingerprint density at radius 3 is 2.44 bits per heavy atom. The van der Waals surface area contributed by atoms with E-state index in [2.05, 4.69) is 17.2 Å². The maximum atomic E-state index is 13.6. The second-order valence-corrected chi connectivity index (χ2v) is 9.42. The lowest BCUT2D eigenvalue weighted by atomic mass is 9.96. The van der Waals surface area contributed by atoms with Crippen molar-refractivity contribution in [2.45, 2.75) is 52.6 Å². The normalized spacial score (nSPS) is 16.7. The van der Waals surface area contributed by atoms with E-state index in [-0.39, 0.29) is 11.9 Å². The maximum Gasteiger partial charge on any atom is 0.322 e. The number of carbonyl (C=O) groups excluding carboxylic acids is 2. The summed E-state index contributed by atoms with van der Waals surface area (Å²) in [5.74, 6) is 0.506. The van der Waals surface area contributed by atoms with Gasteiger partial charge in [-0.1, -0.05) is 36.2 Å². The molecule has 0 unspecified atom stereocenters. The molecule has 192 valence electrons. The Hall–Kier alpha value is -3.32. The number of likely N-dealkylation sites (tertiary alicyclic amines) is 1. The number of benzene rings is 1. The molecule has 7 nitrogen and oxygen atoms in total. The fourth-order valence-electron chi connectivity index (χ4n) is 4.37. The summed E-state index contributed by atoms with van der Waals surface area (Å²) >= 11 is 5.98. The average molecular weight is 511 g/mol. The van der Waals surface area contributed by atoms with Gasteiger partial charge in [-0.05, 0) is 68.5 Å². The van der Waals surface area contributed by atoms with E-state index in [0.29, 0.717) is 36.0 Å². The topological polar surface area (TPSA) is 74.8 Å². The number of allylic oxidation sites excluding steroid dienone is 3. The van der Waals surface area contributed by atoms with E-state index in [1.165, 1.54) is 0 Å². The minimum absolute atomic E-state index is 0.0822. The summed E-state index contributed by atoms with van der Waals surface area (Å²) in [5, 5.41) is 3.73. The van der Waals surface area contributed by atoms with Gasteiger partial charge >= 0.3 is 6.03 Å². The third kappa shape index (κ3) is 6.46. The van der Waals surface area contributed by atoms with Crippen LogP contribution in [0.15, 0.2) is 65.8 Å². The molecule has 1 aromatic carbocycles. The van der Waals surface area contributed by atoms with Gasteiger partial charge in [-0.25, -0.2) is 4.79 Å². The van der Waals surface area contributed by atoms with E-state index < -0.39 is 6.04 Å². The van der Waals surface area contributed by atoms with Crippen molar-refractivity contribution >= 4 is 29.1 Å². The standard InChI is InChI=1S/C28H35ClN4O3/c1-6-19(2)25(22-13-15-30-16-14-22)26(20(3)36-5)31-28(35)33-17-7-8-24(33)27(34)32(4)18-21-9-11-23(29)12-10-21/h9-16,24H,6-8,17-18H2,1-5H3,(H,31,35)/b25-19+,26-20+/t24-/m1/s1. The molecule has 0 bridgehead atoms. The average Bonchev–Trinajstić information content (AvgIpc) is 3.39. The van der Waals surface area contributed by atoms with Crippen molar-refractivity contribution in [1.29, 1.82) is 0 Å². The van der Waals surface area contributed by atoms with Gasteiger partial charge in [0.05, 0.1) is 12.8 Å². The number of nitrogens with zero attached hydrogens (tertiary/aromatic N) is 3. The molecule has 2 aromatic rings. The van der Waals surface area contributed by atoms with E-state index in [1.54, 1.807) is 36.4 Å². The van der Waals surface area contributed by atoms with E-state index in [0.717, 1.165) is 35.1 Å². The predicted molar refractivity (Wildman–Crippen MR) is 143 cm³/mol. The first-order chi connectivity index (χ1) is 17.3. The number of carbonyl (C=O) groups is 2. The van der Waals surface area contributed by atoms with Crippen molar-refractivity contribution in [3.05, 3.63) is 82.0 Å². The van der Waals surface area contributed by atoms with Crippen molar-refractivity contribution in [3.8, 4) is 0 Å². The minimum Gasteiger partial charge on any atom is -0.499 e. The summed E-state index contributed by atoms with van der Waals surface area (Å²) in [6.07, 6.45) is 5.65. The van der Waals surface area contributed by atoms with Crippen LogP contribution in [0.4, 0.5) is 4.79 Å². The van der Waals surface area contributed by atoms with Gasteiger partial charge in [0.15, 0.2) is 0 Å². The molecule has 1 N–H and O–H groups in total. The molecule has 1 saturated heterocycles. The Bertz CT molecular complexity index is 1130. The summed E-state index contributed by atoms with van der Waals surface area (Å²) in [7, 11) is 3.35. The zero-order chi connectivity index (χ0) is 26.2. The van der Waals surface area contributed by atoms with Crippen LogP contribution in [0.25, 0.3) is 5.57 Å². The van der Waals surface area contributed by atoms with Gasteiger partial charge in [-0.15, -0.1) is 0 Å². The number of nitrogens with one attached hydrogen (secondary N) is 1. The number of hydrogen-bond donors (Lipinski definition) is 1. The molecule has 2 heterocycles. The summed E-state index contributed by atoms with van der Waals surface area (Å²) in [6, 6.07) is 10.4. The molecule has 8 heteroatoms. The molecule has 0 saturated carbocycles. The summed E-state index contributed by atoms with van der Waals surface area (Å²) < 4.78 is 5.57. The first-order valence-corrected chi connectivity index (χ1v) is 12.6. The van der Waals surface area contributed by atoms with E-state index in [4.69, 9.17) is 16.3 Å². The molecule has 1 aromatic heterocycles. The van der Waals surface area contributed by atoms with Crippen LogP contribution in [0.2, 0.25) is 5.02 Å². The Kier molecular flexibility index (Phi) is 9.53. The van der Waals surface area contributed by atoms with Gasteiger partial charge in [-0.2, -0.15) is 0 Å². The van der Waals surface area contributed by atoms with Crippen LogP contribution < -0.4 is 5.32 Å². The molecule has 1 aliphatic heterocycles. The maximum absolute atomic E-state index is 13.6. The van der Waals surface area contributed by atoms with Crippen molar-refractivity contribution in [3.63, 3.8) is 0 Å². The number of aromatic nitrogens is 1. The van der Waals surface area contributed by atoms with Crippen LogP contribution in [0.5, 0.6) is 0 Å². The number of methoxy groups -OCH3 is 1. The SMILES string of the molecule is CC/C(C)=C(/C(NC(=O)N1CCC[C@@H]1C(=O)N(C)Cc1ccc(Cl)cc1)=C(/C)OC)c1ccncc1. The van der Waals surface area contributed by atoms with Gasteiger partial charge in [0, 0.05) is 43.1 Å². The van der Waals surface area contributed by atoms with Gasteiger partial charge < -0.3 is 19.9 Å². The quantitative estimate of drug-likeness (QED) is 0.369. The van der Waals surface area contributed by atoms with E-state index in [1.807, 2.05) is 50.2 Å². The smallest absolute Gasteiger partial charge is 0.322 e. The molecule has 0 spiro atoms. The van der Waals surface area contributed by atoms with Crippen LogP contribution in [0.3, 0.4) is 0 Å². The first kappa shape index (κ1) is 27.3. The summed E-state index contributed by atoms with van der Waals surface area (Å²) in [4.78, 5) is 34.3. The van der Waals surface area contributed by atoms with Crippen molar-refractivity contribution in [1.82, 2.24) is 20.1 Å². The van der Waals surface area contributed by atoms with Gasteiger partial charge in [0.1, 0.15) is 11.8 Å². The lowest BCUT2D eigenvalue weighted by molar-refractivity contribution is -0.134. The van der Waals surface area contributed by atoms with Gasteiger partial charge in [0.25, 0.3) is 0 Å². The molecule has 0 aliphatic carbocycles. The molecule has 3 amide bonds. The number of amides is 3. The largest absolute Gasteiger partial charge is 0.499 e. The van der Waals surface area contributed by atoms with Crippen LogP contribution >= 0.6 is 11.6 Å². The molecule has 3 rings (SSSR count). The van der Waals surface area contributed by atoms with Crippen molar-refractivity contribution in [2.75, 3.05) is 20.7 Å². The molecule has 0 radical (unpaired) electrons. The Morgan fingerprint density at radius 1 is 1.17 bits per heavy atom. The highest BCUT2D eigenvalue weighted by atomic mass is 35.5. The third-order valence-corrected chi connectivity index (χ3v) is 6.83. The fraction of sp³-hybridized carbons (Fsp3) is 0.393. The Morgan fingerprint density at radius 2 is 1.83 bits per heavy atom. The zero-order valence-corrected chi connectivity index (χ0v) is 22.4. The monoisotopic (exact) mass is 510 g/mol. The Balaban J connectivity index is 1.83. The minimum atomic E-state index is -0.521. The molecular formula is C28H35ClN4O3. The highest BCUT2D eigenvalue weighted by molar-refractivity contribution is 6.30. The summed E-state index contributed by atoms with van der Waals surface area (Å²) in [5.41, 5.74) is 4.51. The second kappa shape index (κ2) is 12.6. The van der Waals surface area contributed by atoms with E-state index in [9.17, 15) is 9.59 Å². The molecule has 1 aliphatic rings. The first-order valence-electron chi connectivity index (χ1n) is 12.2. The lowest BCUT2D eigenvalue weighted by Crippen LogP contribution is -2.49. The number of ether oxygens (including phenoxy) is 1. The van der Waals surface area contributed by atoms with Crippen molar-refractivity contribution < 1.29 is 14.3 Å². The summed E-state index contributed by atoms with van der Waals surface area (Å²) in [6.45, 7) is 6.90. The van der Waals surface area contributed by atoms with Gasteiger partial charge in [0.2, 0.25) is 5.91 Å². The number of halogens is 1. The zero-order valence-electron chi connectivity index (χ0n) is 21.7. The highest BCUT2D eigenvalue weighted by Gasteiger charge is 2.36.